The Labute approximate surface area is 133 Å². The molecule has 1 heterocycles. The third-order valence-corrected chi connectivity index (χ3v) is 3.58. The number of carbonyl (C=O) groups is 1. The van der Waals surface area contributed by atoms with E-state index >= 15 is 0 Å². The molecule has 0 aliphatic carbocycles. The summed E-state index contributed by atoms with van der Waals surface area (Å²) in [7, 11) is 1.93. The Morgan fingerprint density at radius 1 is 1.24 bits per heavy atom. The summed E-state index contributed by atoms with van der Waals surface area (Å²) in [5, 5.41) is 3.60. The van der Waals surface area contributed by atoms with Gasteiger partial charge in [0.2, 0.25) is 5.91 Å². The van der Waals surface area contributed by atoms with Gasteiger partial charge in [0.25, 0.3) is 0 Å². The molecule has 21 heavy (non-hydrogen) atoms. The summed E-state index contributed by atoms with van der Waals surface area (Å²) in [5.74, 6) is 0.739. The summed E-state index contributed by atoms with van der Waals surface area (Å²) < 4.78 is 5.26. The SMILES string of the molecule is CN(CCC(=O)Nc1c(Cl)cccc1Cl)Cc1ccco1. The van der Waals surface area contributed by atoms with E-state index in [-0.39, 0.29) is 5.91 Å². The molecule has 0 saturated heterocycles. The molecule has 0 fully saturated rings. The van der Waals surface area contributed by atoms with Crippen LogP contribution in [0.2, 0.25) is 10.0 Å². The van der Waals surface area contributed by atoms with Crippen molar-refractivity contribution < 1.29 is 9.21 Å². The zero-order chi connectivity index (χ0) is 15.2. The van der Waals surface area contributed by atoms with Gasteiger partial charge in [0, 0.05) is 13.0 Å². The van der Waals surface area contributed by atoms with Gasteiger partial charge in [-0.3, -0.25) is 9.69 Å². The second-order valence-corrected chi connectivity index (χ2v) is 5.53. The number of para-hydroxylation sites is 1. The van der Waals surface area contributed by atoms with Gasteiger partial charge in [-0.25, -0.2) is 0 Å². The molecule has 0 spiro atoms. The van der Waals surface area contributed by atoms with Gasteiger partial charge < -0.3 is 9.73 Å². The van der Waals surface area contributed by atoms with E-state index in [4.69, 9.17) is 27.6 Å². The first-order valence-electron chi connectivity index (χ1n) is 6.51. The van der Waals surface area contributed by atoms with Crippen molar-refractivity contribution in [3.8, 4) is 0 Å². The van der Waals surface area contributed by atoms with Crippen LogP contribution in [0.15, 0.2) is 41.0 Å². The zero-order valence-electron chi connectivity index (χ0n) is 11.6. The lowest BCUT2D eigenvalue weighted by molar-refractivity contribution is -0.116. The predicted molar refractivity (Wildman–Crippen MR) is 84.8 cm³/mol. The molecule has 0 bridgehead atoms. The molecule has 0 unspecified atom stereocenters. The fraction of sp³-hybridized carbons (Fsp3) is 0.267. The number of nitrogens with zero attached hydrogens (tertiary/aromatic N) is 1. The molecule has 2 rings (SSSR count). The highest BCUT2D eigenvalue weighted by Gasteiger charge is 2.11. The van der Waals surface area contributed by atoms with Crippen LogP contribution in [0.3, 0.4) is 0 Å². The third kappa shape index (κ3) is 4.77. The number of rotatable bonds is 6. The molecule has 0 saturated carbocycles. The molecule has 1 amide bonds. The minimum atomic E-state index is -0.128. The number of carbonyl (C=O) groups excluding carboxylic acids is 1. The standard InChI is InChI=1S/C15H16Cl2N2O2/c1-19(10-11-4-3-9-21-11)8-7-14(20)18-15-12(16)5-2-6-13(15)17/h2-6,9H,7-8,10H2,1H3,(H,18,20). The minimum Gasteiger partial charge on any atom is -0.468 e. The fourth-order valence-corrected chi connectivity index (χ4v) is 2.35. The number of nitrogens with one attached hydrogen (secondary N) is 1. The number of halogens is 2. The molecule has 1 N–H and O–H groups in total. The van der Waals surface area contributed by atoms with Crippen molar-refractivity contribution in [3.05, 3.63) is 52.4 Å². The molecule has 6 heteroatoms. The molecule has 4 nitrogen and oxygen atoms in total. The van der Waals surface area contributed by atoms with Crippen molar-refractivity contribution >= 4 is 34.8 Å². The average molecular weight is 327 g/mol. The number of benzene rings is 1. The molecule has 0 radical (unpaired) electrons. The Morgan fingerprint density at radius 2 is 1.95 bits per heavy atom. The first-order valence-corrected chi connectivity index (χ1v) is 7.26. The first kappa shape index (κ1) is 15.9. The number of hydrogen-bond acceptors (Lipinski definition) is 3. The highest BCUT2D eigenvalue weighted by Crippen LogP contribution is 2.29. The van der Waals surface area contributed by atoms with Gasteiger partial charge in [-0.2, -0.15) is 0 Å². The topological polar surface area (TPSA) is 45.5 Å². The van der Waals surface area contributed by atoms with Gasteiger partial charge in [0.05, 0.1) is 28.5 Å². The lowest BCUT2D eigenvalue weighted by Crippen LogP contribution is -2.24. The summed E-state index contributed by atoms with van der Waals surface area (Å²) in [4.78, 5) is 14.0. The van der Waals surface area contributed by atoms with Crippen LogP contribution in [0, 0.1) is 0 Å². The molecule has 2 aromatic rings. The maximum Gasteiger partial charge on any atom is 0.225 e. The van der Waals surface area contributed by atoms with Crippen molar-refractivity contribution in [1.29, 1.82) is 0 Å². The summed E-state index contributed by atoms with van der Waals surface area (Å²) in [5.41, 5.74) is 0.458. The van der Waals surface area contributed by atoms with Gasteiger partial charge in [0.15, 0.2) is 0 Å². The largest absolute Gasteiger partial charge is 0.468 e. The number of furan rings is 1. The van der Waals surface area contributed by atoms with Crippen LogP contribution in [-0.4, -0.2) is 24.4 Å². The van der Waals surface area contributed by atoms with Crippen LogP contribution >= 0.6 is 23.2 Å². The average Bonchev–Trinajstić information content (AvgIpc) is 2.94. The summed E-state index contributed by atoms with van der Waals surface area (Å²) in [6.07, 6.45) is 1.98. The van der Waals surface area contributed by atoms with Gasteiger partial charge >= 0.3 is 0 Å². The molecular weight excluding hydrogens is 311 g/mol. The number of amides is 1. The molecule has 0 aliphatic heterocycles. The highest BCUT2D eigenvalue weighted by atomic mass is 35.5. The molecule has 0 aliphatic rings. The van der Waals surface area contributed by atoms with E-state index in [9.17, 15) is 4.79 Å². The second-order valence-electron chi connectivity index (χ2n) is 4.71. The van der Waals surface area contributed by atoms with E-state index in [1.165, 1.54) is 0 Å². The monoisotopic (exact) mass is 326 g/mol. The molecule has 112 valence electrons. The minimum absolute atomic E-state index is 0.128. The van der Waals surface area contributed by atoms with E-state index < -0.39 is 0 Å². The summed E-state index contributed by atoms with van der Waals surface area (Å²) in [6, 6.07) is 8.85. The summed E-state index contributed by atoms with van der Waals surface area (Å²) in [6.45, 7) is 1.27. The Morgan fingerprint density at radius 3 is 2.57 bits per heavy atom. The van der Waals surface area contributed by atoms with Crippen LogP contribution in [0.4, 0.5) is 5.69 Å². The van der Waals surface area contributed by atoms with Gasteiger partial charge in [-0.15, -0.1) is 0 Å². The fourth-order valence-electron chi connectivity index (χ4n) is 1.86. The Bertz CT molecular complexity index is 579. The highest BCUT2D eigenvalue weighted by molar-refractivity contribution is 6.39. The lowest BCUT2D eigenvalue weighted by atomic mass is 10.3. The van der Waals surface area contributed by atoms with E-state index in [0.717, 1.165) is 5.76 Å². The smallest absolute Gasteiger partial charge is 0.225 e. The second kappa shape index (κ2) is 7.50. The first-order chi connectivity index (χ1) is 10.1. The normalized spacial score (nSPS) is 10.9. The van der Waals surface area contributed by atoms with Crippen LogP contribution in [0.25, 0.3) is 0 Å². The molecule has 1 aromatic heterocycles. The van der Waals surface area contributed by atoms with Crippen LogP contribution < -0.4 is 5.32 Å². The van der Waals surface area contributed by atoms with Crippen molar-refractivity contribution in [2.75, 3.05) is 18.9 Å². The predicted octanol–water partition coefficient (Wildman–Crippen LogP) is 4.05. The van der Waals surface area contributed by atoms with E-state index in [1.54, 1.807) is 24.5 Å². The van der Waals surface area contributed by atoms with Gasteiger partial charge in [-0.05, 0) is 31.3 Å². The van der Waals surface area contributed by atoms with Crippen molar-refractivity contribution in [2.45, 2.75) is 13.0 Å². The Hall–Kier alpha value is -1.49. The zero-order valence-corrected chi connectivity index (χ0v) is 13.1. The van der Waals surface area contributed by atoms with Crippen molar-refractivity contribution in [2.24, 2.45) is 0 Å². The van der Waals surface area contributed by atoms with Gasteiger partial charge in [-0.1, -0.05) is 29.3 Å². The van der Waals surface area contributed by atoms with E-state index in [1.807, 2.05) is 24.1 Å². The molecule has 1 aromatic carbocycles. The van der Waals surface area contributed by atoms with Crippen LogP contribution in [-0.2, 0) is 11.3 Å². The van der Waals surface area contributed by atoms with Gasteiger partial charge in [0.1, 0.15) is 5.76 Å². The van der Waals surface area contributed by atoms with E-state index in [0.29, 0.717) is 35.2 Å². The Kier molecular flexibility index (Phi) is 5.67. The van der Waals surface area contributed by atoms with Crippen LogP contribution in [0.1, 0.15) is 12.2 Å². The lowest BCUT2D eigenvalue weighted by Gasteiger charge is -2.15. The Balaban J connectivity index is 1.82. The maximum absolute atomic E-state index is 11.9. The van der Waals surface area contributed by atoms with Crippen LogP contribution in [0.5, 0.6) is 0 Å². The quantitative estimate of drug-likeness (QED) is 0.871. The molecular formula is C15H16Cl2N2O2. The van der Waals surface area contributed by atoms with E-state index in [2.05, 4.69) is 5.32 Å². The summed E-state index contributed by atoms with van der Waals surface area (Å²) >= 11 is 12.0. The third-order valence-electron chi connectivity index (χ3n) is 2.95. The number of hydrogen-bond donors (Lipinski definition) is 1. The molecule has 0 atom stereocenters. The maximum atomic E-state index is 11.9. The number of anilines is 1. The van der Waals surface area contributed by atoms with Crippen molar-refractivity contribution in [1.82, 2.24) is 4.90 Å². The van der Waals surface area contributed by atoms with Crippen molar-refractivity contribution in [3.63, 3.8) is 0 Å².